The Bertz CT molecular complexity index is 581. The quantitative estimate of drug-likeness (QED) is 0.379. The van der Waals surface area contributed by atoms with Gasteiger partial charge in [-0.15, -0.1) is 0 Å². The van der Waals surface area contributed by atoms with Crippen molar-refractivity contribution in [1.29, 1.82) is 0 Å². The van der Waals surface area contributed by atoms with E-state index in [1.807, 2.05) is 0 Å². The van der Waals surface area contributed by atoms with Crippen molar-refractivity contribution in [3.05, 3.63) is 11.1 Å². The minimum Gasteiger partial charge on any atom is -0.393 e. The minimum absolute atomic E-state index is 0.110. The first kappa shape index (κ1) is 20.9. The van der Waals surface area contributed by atoms with Crippen LogP contribution in [-0.4, -0.2) is 17.9 Å². The number of rotatable bonds is 6. The molecule has 0 amide bonds. The Morgan fingerprint density at radius 1 is 1.11 bits per heavy atom. The SMILES string of the molecule is CC(C)CCCCC1CCC2C3CC(CF)C4=C(CCC(O)C4)C3CCC12C. The average molecular weight is 391 g/mol. The molecular formula is C26H43FO. The maximum absolute atomic E-state index is 14.0. The molecule has 0 aromatic heterocycles. The Morgan fingerprint density at radius 2 is 1.93 bits per heavy atom. The van der Waals surface area contributed by atoms with Crippen molar-refractivity contribution >= 4 is 0 Å². The van der Waals surface area contributed by atoms with Gasteiger partial charge in [-0.3, -0.25) is 4.39 Å². The topological polar surface area (TPSA) is 20.2 Å². The van der Waals surface area contributed by atoms with E-state index in [4.69, 9.17) is 0 Å². The molecule has 4 aliphatic carbocycles. The van der Waals surface area contributed by atoms with Crippen LogP contribution in [0.3, 0.4) is 0 Å². The van der Waals surface area contributed by atoms with E-state index in [1.165, 1.54) is 56.9 Å². The van der Waals surface area contributed by atoms with Gasteiger partial charge in [-0.2, -0.15) is 0 Å². The molecule has 0 aliphatic heterocycles. The van der Waals surface area contributed by atoms with Gasteiger partial charge in [0.25, 0.3) is 0 Å². The summed E-state index contributed by atoms with van der Waals surface area (Å²) in [6.45, 7) is 7.07. The number of halogens is 1. The minimum atomic E-state index is -0.222. The molecule has 2 heteroatoms. The number of hydrogen-bond donors (Lipinski definition) is 1. The Labute approximate surface area is 172 Å². The van der Waals surface area contributed by atoms with Crippen LogP contribution in [0.5, 0.6) is 0 Å². The van der Waals surface area contributed by atoms with Crippen LogP contribution in [0, 0.1) is 40.9 Å². The second-order valence-corrected chi connectivity index (χ2v) is 11.4. The molecule has 2 saturated carbocycles. The molecule has 0 bridgehead atoms. The normalized spacial score (nSPS) is 43.1. The van der Waals surface area contributed by atoms with Crippen LogP contribution in [-0.2, 0) is 0 Å². The maximum atomic E-state index is 14.0. The lowest BCUT2D eigenvalue weighted by molar-refractivity contribution is -0.00227. The van der Waals surface area contributed by atoms with Gasteiger partial charge in [-0.1, -0.05) is 51.2 Å². The second-order valence-electron chi connectivity index (χ2n) is 11.4. The summed E-state index contributed by atoms with van der Waals surface area (Å²) in [6, 6.07) is 0. The fourth-order valence-corrected chi connectivity index (χ4v) is 8.02. The molecule has 1 N–H and O–H groups in total. The largest absolute Gasteiger partial charge is 0.393 e. The summed E-state index contributed by atoms with van der Waals surface area (Å²) in [4.78, 5) is 0. The fourth-order valence-electron chi connectivity index (χ4n) is 8.02. The van der Waals surface area contributed by atoms with Crippen LogP contribution < -0.4 is 0 Å². The van der Waals surface area contributed by atoms with Gasteiger partial charge in [0.15, 0.2) is 0 Å². The van der Waals surface area contributed by atoms with E-state index in [-0.39, 0.29) is 18.7 Å². The van der Waals surface area contributed by atoms with Gasteiger partial charge < -0.3 is 5.11 Å². The highest BCUT2D eigenvalue weighted by atomic mass is 19.1. The van der Waals surface area contributed by atoms with Crippen LogP contribution in [0.15, 0.2) is 11.1 Å². The number of aliphatic hydroxyl groups is 1. The molecule has 4 rings (SSSR count). The van der Waals surface area contributed by atoms with Crippen LogP contribution >= 0.6 is 0 Å². The molecule has 2 fully saturated rings. The Morgan fingerprint density at radius 3 is 2.68 bits per heavy atom. The summed E-state index contributed by atoms with van der Waals surface area (Å²) < 4.78 is 14.0. The first-order chi connectivity index (χ1) is 13.4. The predicted octanol–water partition coefficient (Wildman–Crippen LogP) is 7.09. The number of aliphatic hydroxyl groups excluding tert-OH is 1. The van der Waals surface area contributed by atoms with Crippen LogP contribution in [0.4, 0.5) is 4.39 Å². The summed E-state index contributed by atoms with van der Waals surface area (Å²) in [7, 11) is 0. The van der Waals surface area contributed by atoms with Crippen molar-refractivity contribution in [3.63, 3.8) is 0 Å². The van der Waals surface area contributed by atoms with E-state index in [9.17, 15) is 9.50 Å². The lowest BCUT2D eigenvalue weighted by Crippen LogP contribution is -2.46. The highest BCUT2D eigenvalue weighted by Crippen LogP contribution is 2.64. The van der Waals surface area contributed by atoms with Crippen molar-refractivity contribution in [2.45, 2.75) is 104 Å². The van der Waals surface area contributed by atoms with Gasteiger partial charge in [0, 0.05) is 5.92 Å². The predicted molar refractivity (Wildman–Crippen MR) is 115 cm³/mol. The molecule has 0 spiro atoms. The maximum Gasteiger partial charge on any atom is 0.0959 e. The number of unbranched alkanes of at least 4 members (excludes halogenated alkanes) is 1. The van der Waals surface area contributed by atoms with Gasteiger partial charge in [-0.05, 0) is 92.8 Å². The molecule has 0 saturated heterocycles. The van der Waals surface area contributed by atoms with Crippen molar-refractivity contribution in [1.82, 2.24) is 0 Å². The number of fused-ring (bicyclic) bond motifs is 4. The summed E-state index contributed by atoms with van der Waals surface area (Å²) in [6.07, 6.45) is 14.6. The van der Waals surface area contributed by atoms with E-state index in [1.54, 1.807) is 5.57 Å². The monoisotopic (exact) mass is 390 g/mol. The molecule has 7 unspecified atom stereocenters. The van der Waals surface area contributed by atoms with Gasteiger partial charge in [0.2, 0.25) is 0 Å². The summed E-state index contributed by atoms with van der Waals surface area (Å²) in [5.74, 6) is 4.09. The lowest BCUT2D eigenvalue weighted by atomic mass is 9.51. The van der Waals surface area contributed by atoms with Gasteiger partial charge in [-0.25, -0.2) is 0 Å². The van der Waals surface area contributed by atoms with Gasteiger partial charge >= 0.3 is 0 Å². The Hall–Kier alpha value is -0.370. The van der Waals surface area contributed by atoms with Gasteiger partial charge in [0.05, 0.1) is 12.8 Å². The van der Waals surface area contributed by atoms with E-state index in [0.29, 0.717) is 17.3 Å². The smallest absolute Gasteiger partial charge is 0.0959 e. The lowest BCUT2D eigenvalue weighted by Gasteiger charge is -2.54. The third-order valence-corrected chi connectivity index (χ3v) is 9.52. The van der Waals surface area contributed by atoms with Gasteiger partial charge in [0.1, 0.15) is 0 Å². The molecule has 4 aliphatic rings. The third kappa shape index (κ3) is 3.72. The van der Waals surface area contributed by atoms with Crippen LogP contribution in [0.2, 0.25) is 0 Å². The molecule has 7 atom stereocenters. The first-order valence-electron chi connectivity index (χ1n) is 12.4. The summed E-state index contributed by atoms with van der Waals surface area (Å²) in [5, 5.41) is 10.2. The molecular weight excluding hydrogens is 347 g/mol. The third-order valence-electron chi connectivity index (χ3n) is 9.52. The molecule has 0 aromatic carbocycles. The molecule has 28 heavy (non-hydrogen) atoms. The van der Waals surface area contributed by atoms with Crippen molar-refractivity contribution in [2.75, 3.05) is 6.67 Å². The number of allylic oxidation sites excluding steroid dienone is 1. The van der Waals surface area contributed by atoms with E-state index < -0.39 is 0 Å². The van der Waals surface area contributed by atoms with Crippen molar-refractivity contribution in [2.24, 2.45) is 40.9 Å². The van der Waals surface area contributed by atoms with E-state index in [0.717, 1.165) is 43.4 Å². The number of hydrogen-bond acceptors (Lipinski definition) is 1. The average Bonchev–Trinajstić information content (AvgIpc) is 3.00. The van der Waals surface area contributed by atoms with E-state index >= 15 is 0 Å². The Kier molecular flexibility index (Phi) is 6.27. The summed E-state index contributed by atoms with van der Waals surface area (Å²) >= 11 is 0. The van der Waals surface area contributed by atoms with E-state index in [2.05, 4.69) is 20.8 Å². The zero-order chi connectivity index (χ0) is 19.9. The highest BCUT2D eigenvalue weighted by Gasteiger charge is 2.55. The molecule has 0 heterocycles. The second kappa shape index (κ2) is 8.40. The van der Waals surface area contributed by atoms with Crippen molar-refractivity contribution < 1.29 is 9.50 Å². The fraction of sp³-hybridized carbons (Fsp3) is 0.923. The highest BCUT2D eigenvalue weighted by molar-refractivity contribution is 5.29. The zero-order valence-corrected chi connectivity index (χ0v) is 18.6. The summed E-state index contributed by atoms with van der Waals surface area (Å²) in [5.41, 5.74) is 3.45. The molecule has 1 nitrogen and oxygen atoms in total. The number of alkyl halides is 1. The Balaban J connectivity index is 1.48. The van der Waals surface area contributed by atoms with Crippen LogP contribution in [0.25, 0.3) is 0 Å². The molecule has 0 radical (unpaired) electrons. The molecule has 160 valence electrons. The molecule has 0 aromatic rings. The van der Waals surface area contributed by atoms with Crippen molar-refractivity contribution in [3.8, 4) is 0 Å². The first-order valence-corrected chi connectivity index (χ1v) is 12.4. The standard InChI is InChI=1S/C26H43FO/c1-17(2)6-4-5-7-19-8-11-25-24-14-18(16-27)23-15-20(28)9-10-21(23)22(24)12-13-26(19,25)3/h17-20,22,24-25,28H,4-16H2,1-3H3. The van der Waals surface area contributed by atoms with Crippen LogP contribution in [0.1, 0.15) is 97.8 Å². The zero-order valence-electron chi connectivity index (χ0n) is 18.6.